The average molecular weight is 470 g/mol. The predicted molar refractivity (Wildman–Crippen MR) is 48.9 cm³/mol. The SMILES string of the molecule is FC(F)(I)C(F)(F)OC(F)(F)C(F)(F)I. The maximum absolute atomic E-state index is 12.2. The number of ether oxygens (including phenoxy) is 1. The molecule has 0 atom stereocenters. The molecule has 0 saturated heterocycles. The van der Waals surface area contributed by atoms with Gasteiger partial charge in [-0.3, -0.25) is 0 Å². The lowest BCUT2D eigenvalue weighted by Gasteiger charge is -2.28. The first-order valence-corrected chi connectivity index (χ1v) is 4.96. The van der Waals surface area contributed by atoms with E-state index in [4.69, 9.17) is 0 Å². The van der Waals surface area contributed by atoms with Crippen molar-refractivity contribution in [3.8, 4) is 0 Å². The molecule has 0 spiro atoms. The van der Waals surface area contributed by atoms with Gasteiger partial charge < -0.3 is 0 Å². The molecular formula is C4F8I2O. The number of hydrogen-bond acceptors (Lipinski definition) is 1. The van der Waals surface area contributed by atoms with E-state index in [-0.39, 0.29) is 45.2 Å². The number of halogens is 10. The molecule has 0 radical (unpaired) electrons. The van der Waals surface area contributed by atoms with Gasteiger partial charge in [0.15, 0.2) is 0 Å². The molecule has 0 amide bonds. The van der Waals surface area contributed by atoms with Crippen LogP contribution in [0, 0.1) is 0 Å². The molecule has 0 bridgehead atoms. The van der Waals surface area contributed by atoms with Crippen LogP contribution < -0.4 is 0 Å². The zero-order valence-corrected chi connectivity index (χ0v) is 10.5. The molecule has 1 nitrogen and oxygen atoms in total. The Morgan fingerprint density at radius 3 is 0.933 bits per heavy atom. The van der Waals surface area contributed by atoms with Gasteiger partial charge in [-0.25, -0.2) is 4.74 Å². The van der Waals surface area contributed by atoms with Crippen LogP contribution in [0.25, 0.3) is 0 Å². The maximum Gasteiger partial charge on any atom is 0.433 e. The van der Waals surface area contributed by atoms with Gasteiger partial charge in [-0.05, 0) is 0 Å². The van der Waals surface area contributed by atoms with Crippen molar-refractivity contribution in [1.82, 2.24) is 0 Å². The van der Waals surface area contributed by atoms with E-state index in [0.29, 0.717) is 0 Å². The van der Waals surface area contributed by atoms with Crippen LogP contribution in [-0.4, -0.2) is 20.1 Å². The minimum Gasteiger partial charge on any atom is -0.244 e. The molecular weight excluding hydrogens is 470 g/mol. The van der Waals surface area contributed by atoms with Crippen molar-refractivity contribution >= 4 is 45.2 Å². The quantitative estimate of drug-likeness (QED) is 0.340. The molecule has 11 heteroatoms. The molecule has 0 heterocycles. The molecule has 0 aromatic rings. The summed E-state index contributed by atoms with van der Waals surface area (Å²) in [5.41, 5.74) is 0. The van der Waals surface area contributed by atoms with Crippen molar-refractivity contribution in [2.24, 2.45) is 0 Å². The van der Waals surface area contributed by atoms with Crippen molar-refractivity contribution in [3.63, 3.8) is 0 Å². The van der Waals surface area contributed by atoms with Gasteiger partial charge in [0.2, 0.25) is 0 Å². The lowest BCUT2D eigenvalue weighted by atomic mass is 10.6. The molecule has 0 unspecified atom stereocenters. The summed E-state index contributed by atoms with van der Waals surface area (Å²) in [5, 5.41) is 0. The van der Waals surface area contributed by atoms with E-state index in [0.717, 1.165) is 0 Å². The Balaban J connectivity index is 4.89. The van der Waals surface area contributed by atoms with Crippen LogP contribution in [0.5, 0.6) is 0 Å². The van der Waals surface area contributed by atoms with Crippen molar-refractivity contribution < 1.29 is 39.9 Å². The second-order valence-electron chi connectivity index (χ2n) is 2.13. The Labute approximate surface area is 105 Å². The van der Waals surface area contributed by atoms with Crippen LogP contribution in [0.4, 0.5) is 35.1 Å². The number of rotatable bonds is 4. The topological polar surface area (TPSA) is 9.23 Å². The summed E-state index contributed by atoms with van der Waals surface area (Å²) < 4.78 is 88.5. The molecule has 15 heavy (non-hydrogen) atoms. The highest BCUT2D eigenvalue weighted by atomic mass is 127. The Kier molecular flexibility index (Phi) is 4.51. The standard InChI is InChI=1S/C4F8I2O/c5-1(6,13)3(9,10)15-4(11,12)2(7,8)14. The van der Waals surface area contributed by atoms with Crippen molar-refractivity contribution in [2.75, 3.05) is 0 Å². The van der Waals surface area contributed by atoms with Crippen molar-refractivity contribution in [2.45, 2.75) is 20.1 Å². The smallest absolute Gasteiger partial charge is 0.244 e. The van der Waals surface area contributed by atoms with Crippen LogP contribution in [-0.2, 0) is 4.74 Å². The van der Waals surface area contributed by atoms with Gasteiger partial charge in [0.1, 0.15) is 0 Å². The first kappa shape index (κ1) is 15.9. The molecule has 0 rings (SSSR count). The Morgan fingerprint density at radius 1 is 0.600 bits per heavy atom. The minimum absolute atomic E-state index is 0.201. The van der Waals surface area contributed by atoms with E-state index in [1.807, 2.05) is 0 Å². The fraction of sp³-hybridized carbons (Fsp3) is 1.00. The molecule has 92 valence electrons. The highest BCUT2D eigenvalue weighted by Crippen LogP contribution is 2.49. The van der Waals surface area contributed by atoms with E-state index in [1.165, 1.54) is 0 Å². The van der Waals surface area contributed by atoms with Crippen molar-refractivity contribution in [1.29, 1.82) is 0 Å². The normalized spacial score (nSPS) is 15.6. The second-order valence-corrected chi connectivity index (χ2v) is 4.84. The molecule has 0 N–H and O–H groups in total. The van der Waals surface area contributed by atoms with Crippen LogP contribution in [0.2, 0.25) is 0 Å². The minimum atomic E-state index is -5.70. The largest absolute Gasteiger partial charge is 0.433 e. The molecule has 0 fully saturated rings. The Bertz CT molecular complexity index is 206. The van der Waals surface area contributed by atoms with Crippen molar-refractivity contribution in [3.05, 3.63) is 0 Å². The summed E-state index contributed by atoms with van der Waals surface area (Å²) in [6, 6.07) is 0. The third-order valence-corrected chi connectivity index (χ3v) is 2.17. The van der Waals surface area contributed by atoms with Gasteiger partial charge in [-0.2, -0.15) is 35.1 Å². The lowest BCUT2D eigenvalue weighted by molar-refractivity contribution is -0.434. The molecule has 0 aromatic carbocycles. The fourth-order valence-corrected chi connectivity index (χ4v) is 0.497. The van der Waals surface area contributed by atoms with Gasteiger partial charge >= 0.3 is 20.1 Å². The molecule has 0 aliphatic rings. The summed E-state index contributed by atoms with van der Waals surface area (Å²) in [6.07, 6.45) is -11.4. The summed E-state index contributed by atoms with van der Waals surface area (Å²) in [4.78, 5) is 0. The Hall–Kier alpha value is 0.860. The third kappa shape index (κ3) is 3.98. The van der Waals surface area contributed by atoms with Crippen LogP contribution >= 0.6 is 45.2 Å². The highest BCUT2D eigenvalue weighted by Gasteiger charge is 2.67. The summed E-state index contributed by atoms with van der Waals surface area (Å²) in [5.74, 6) is 0. The van der Waals surface area contributed by atoms with Gasteiger partial charge in [0.05, 0.1) is 0 Å². The molecule has 0 aliphatic heterocycles. The fourth-order valence-electron chi connectivity index (χ4n) is 0.277. The molecule has 0 saturated carbocycles. The first-order valence-electron chi connectivity index (χ1n) is 2.80. The zero-order chi connectivity index (χ0) is 12.7. The average Bonchev–Trinajstić information content (AvgIpc) is 1.77. The summed E-state index contributed by atoms with van der Waals surface area (Å²) >= 11 is -0.403. The van der Waals surface area contributed by atoms with E-state index >= 15 is 0 Å². The predicted octanol–water partition coefficient (Wildman–Crippen LogP) is 4.24. The van der Waals surface area contributed by atoms with Gasteiger partial charge in [0, 0.05) is 45.2 Å². The summed E-state index contributed by atoms with van der Waals surface area (Å²) in [7, 11) is 0. The number of alkyl halides is 10. The molecule has 0 aromatic heterocycles. The summed E-state index contributed by atoms with van der Waals surface area (Å²) in [6.45, 7) is 0. The van der Waals surface area contributed by atoms with Gasteiger partial charge in [0.25, 0.3) is 0 Å². The third-order valence-electron chi connectivity index (χ3n) is 0.916. The monoisotopic (exact) mass is 470 g/mol. The first-order chi connectivity index (χ1) is 6.21. The molecule has 0 aliphatic carbocycles. The second kappa shape index (κ2) is 4.27. The van der Waals surface area contributed by atoms with Crippen LogP contribution in [0.3, 0.4) is 0 Å². The maximum atomic E-state index is 12.2. The van der Waals surface area contributed by atoms with Crippen LogP contribution in [0.15, 0.2) is 0 Å². The van der Waals surface area contributed by atoms with E-state index in [2.05, 4.69) is 4.74 Å². The van der Waals surface area contributed by atoms with Gasteiger partial charge in [-0.15, -0.1) is 0 Å². The highest BCUT2D eigenvalue weighted by molar-refractivity contribution is 14.1. The Morgan fingerprint density at radius 2 is 0.800 bits per heavy atom. The van der Waals surface area contributed by atoms with E-state index < -0.39 is 20.1 Å². The number of hydrogen-bond donors (Lipinski definition) is 0. The van der Waals surface area contributed by atoms with Gasteiger partial charge in [-0.1, -0.05) is 0 Å². The van der Waals surface area contributed by atoms with E-state index in [9.17, 15) is 35.1 Å². The van der Waals surface area contributed by atoms with E-state index in [1.54, 1.807) is 0 Å². The van der Waals surface area contributed by atoms with Crippen LogP contribution in [0.1, 0.15) is 0 Å². The zero-order valence-electron chi connectivity index (χ0n) is 6.19. The lowest BCUT2D eigenvalue weighted by Crippen LogP contribution is -2.49.